The quantitative estimate of drug-likeness (QED) is 0.759. The molecule has 0 saturated carbocycles. The number of amides is 1. The summed E-state index contributed by atoms with van der Waals surface area (Å²) >= 11 is 0. The molecule has 0 aliphatic rings. The van der Waals surface area contributed by atoms with E-state index in [0.29, 0.717) is 0 Å². The number of hydrogen-bond acceptors (Lipinski definition) is 4. The number of nitrogens with one attached hydrogen (secondary N) is 2. The summed E-state index contributed by atoms with van der Waals surface area (Å²) in [7, 11) is -2.36. The molecule has 1 aromatic carbocycles. The SMILES string of the molecule is CCCC(C)NC(=O)c1ccc(OC)c(S(=O)(=O)NC(C)C)c1. The zero-order chi connectivity index (χ0) is 17.6. The molecular formula is C16H26N2O4S. The number of carbonyl (C=O) groups excluding carboxylic acids is 1. The summed E-state index contributed by atoms with van der Waals surface area (Å²) in [6.07, 6.45) is 1.82. The lowest BCUT2D eigenvalue weighted by atomic mass is 10.1. The van der Waals surface area contributed by atoms with Gasteiger partial charge in [0.05, 0.1) is 7.11 Å². The summed E-state index contributed by atoms with van der Waals surface area (Å²) in [6.45, 7) is 7.42. The predicted molar refractivity (Wildman–Crippen MR) is 90.3 cm³/mol. The number of carbonyl (C=O) groups is 1. The van der Waals surface area contributed by atoms with Gasteiger partial charge in [0.1, 0.15) is 10.6 Å². The van der Waals surface area contributed by atoms with Crippen molar-refractivity contribution in [1.29, 1.82) is 0 Å². The Morgan fingerprint density at radius 2 is 1.91 bits per heavy atom. The Morgan fingerprint density at radius 3 is 2.43 bits per heavy atom. The van der Waals surface area contributed by atoms with Crippen molar-refractivity contribution in [3.05, 3.63) is 23.8 Å². The highest BCUT2D eigenvalue weighted by Gasteiger charge is 2.22. The maximum absolute atomic E-state index is 12.4. The third-order valence-corrected chi connectivity index (χ3v) is 4.89. The van der Waals surface area contributed by atoms with Crippen LogP contribution in [0.2, 0.25) is 0 Å². The van der Waals surface area contributed by atoms with Crippen LogP contribution in [0, 0.1) is 0 Å². The second kappa shape index (κ2) is 8.31. The van der Waals surface area contributed by atoms with Crippen LogP contribution in [0.15, 0.2) is 23.1 Å². The minimum atomic E-state index is -3.75. The third kappa shape index (κ3) is 5.51. The van der Waals surface area contributed by atoms with Crippen molar-refractivity contribution in [2.45, 2.75) is 57.5 Å². The second-order valence-electron chi connectivity index (χ2n) is 5.80. The van der Waals surface area contributed by atoms with Crippen molar-refractivity contribution in [2.75, 3.05) is 7.11 Å². The van der Waals surface area contributed by atoms with Gasteiger partial charge >= 0.3 is 0 Å². The summed E-state index contributed by atoms with van der Waals surface area (Å²) in [5.74, 6) is -0.0918. The summed E-state index contributed by atoms with van der Waals surface area (Å²) in [5.41, 5.74) is 0.290. The Labute approximate surface area is 138 Å². The molecule has 0 fully saturated rings. The van der Waals surface area contributed by atoms with Crippen LogP contribution in [0.3, 0.4) is 0 Å². The van der Waals surface area contributed by atoms with Crippen molar-refractivity contribution in [3.8, 4) is 5.75 Å². The Bertz CT molecular complexity index is 641. The van der Waals surface area contributed by atoms with E-state index in [1.165, 1.54) is 19.2 Å². The van der Waals surface area contributed by atoms with E-state index < -0.39 is 10.0 Å². The van der Waals surface area contributed by atoms with Gasteiger partial charge in [-0.15, -0.1) is 0 Å². The molecule has 1 aromatic rings. The van der Waals surface area contributed by atoms with Crippen LogP contribution in [0.25, 0.3) is 0 Å². The van der Waals surface area contributed by atoms with E-state index in [9.17, 15) is 13.2 Å². The molecule has 0 saturated heterocycles. The maximum atomic E-state index is 12.4. The van der Waals surface area contributed by atoms with Crippen molar-refractivity contribution >= 4 is 15.9 Å². The number of methoxy groups -OCH3 is 1. The first-order valence-corrected chi connectivity index (χ1v) is 9.20. The van der Waals surface area contributed by atoms with E-state index in [0.717, 1.165) is 12.8 Å². The molecule has 0 spiro atoms. The fraction of sp³-hybridized carbons (Fsp3) is 0.562. The van der Waals surface area contributed by atoms with Gasteiger partial charge in [0.2, 0.25) is 10.0 Å². The molecule has 0 aliphatic heterocycles. The zero-order valence-corrected chi connectivity index (χ0v) is 15.2. The van der Waals surface area contributed by atoms with Crippen LogP contribution in [-0.2, 0) is 10.0 Å². The average molecular weight is 342 g/mol. The van der Waals surface area contributed by atoms with E-state index in [2.05, 4.69) is 10.0 Å². The van der Waals surface area contributed by atoms with Crippen LogP contribution < -0.4 is 14.8 Å². The van der Waals surface area contributed by atoms with Crippen LogP contribution >= 0.6 is 0 Å². The van der Waals surface area contributed by atoms with Crippen molar-refractivity contribution in [1.82, 2.24) is 10.0 Å². The third-order valence-electron chi connectivity index (χ3n) is 3.21. The molecule has 23 heavy (non-hydrogen) atoms. The van der Waals surface area contributed by atoms with E-state index in [4.69, 9.17) is 4.74 Å². The van der Waals surface area contributed by atoms with Gasteiger partial charge in [-0.3, -0.25) is 4.79 Å². The van der Waals surface area contributed by atoms with Crippen LogP contribution in [-0.4, -0.2) is 33.5 Å². The number of rotatable bonds is 8. The lowest BCUT2D eigenvalue weighted by Crippen LogP contribution is -2.33. The average Bonchev–Trinajstić information content (AvgIpc) is 2.45. The van der Waals surface area contributed by atoms with E-state index in [1.54, 1.807) is 19.9 Å². The van der Waals surface area contributed by atoms with Gasteiger partial charge in [-0.05, 0) is 45.4 Å². The summed E-state index contributed by atoms with van der Waals surface area (Å²) < 4.78 is 32.4. The minimum absolute atomic E-state index is 0.0310. The largest absolute Gasteiger partial charge is 0.495 e. The lowest BCUT2D eigenvalue weighted by Gasteiger charge is -2.16. The molecule has 7 heteroatoms. The molecule has 0 heterocycles. The van der Waals surface area contributed by atoms with E-state index in [-0.39, 0.29) is 34.2 Å². The van der Waals surface area contributed by atoms with Gasteiger partial charge in [0.25, 0.3) is 5.91 Å². The first-order chi connectivity index (χ1) is 10.7. The number of benzene rings is 1. The Hall–Kier alpha value is -1.60. The van der Waals surface area contributed by atoms with Gasteiger partial charge in [-0.25, -0.2) is 13.1 Å². The first kappa shape index (κ1) is 19.4. The van der Waals surface area contributed by atoms with Crippen molar-refractivity contribution < 1.29 is 17.9 Å². The van der Waals surface area contributed by atoms with E-state index in [1.807, 2.05) is 13.8 Å². The van der Waals surface area contributed by atoms with Crippen LogP contribution in [0.1, 0.15) is 50.9 Å². The molecule has 1 unspecified atom stereocenters. The Balaban J connectivity index is 3.15. The predicted octanol–water partition coefficient (Wildman–Crippen LogP) is 2.30. The molecule has 0 radical (unpaired) electrons. The van der Waals surface area contributed by atoms with Gasteiger partial charge < -0.3 is 10.1 Å². The smallest absolute Gasteiger partial charge is 0.251 e. The summed E-state index contributed by atoms with van der Waals surface area (Å²) in [5, 5.41) is 2.86. The van der Waals surface area contributed by atoms with Gasteiger partial charge in [-0.1, -0.05) is 13.3 Å². The van der Waals surface area contributed by atoms with Gasteiger partial charge in [0.15, 0.2) is 0 Å². The highest BCUT2D eigenvalue weighted by molar-refractivity contribution is 7.89. The van der Waals surface area contributed by atoms with Crippen LogP contribution in [0.5, 0.6) is 5.75 Å². The summed E-state index contributed by atoms with van der Waals surface area (Å²) in [6, 6.07) is 4.17. The normalized spacial score (nSPS) is 13.0. The molecule has 2 N–H and O–H groups in total. The minimum Gasteiger partial charge on any atom is -0.495 e. The van der Waals surface area contributed by atoms with E-state index >= 15 is 0 Å². The molecule has 1 rings (SSSR count). The number of sulfonamides is 1. The highest BCUT2D eigenvalue weighted by Crippen LogP contribution is 2.25. The van der Waals surface area contributed by atoms with Gasteiger partial charge in [0, 0.05) is 17.6 Å². The lowest BCUT2D eigenvalue weighted by molar-refractivity contribution is 0.0938. The fourth-order valence-corrected chi connectivity index (χ4v) is 3.66. The van der Waals surface area contributed by atoms with Crippen molar-refractivity contribution in [3.63, 3.8) is 0 Å². The number of hydrogen-bond donors (Lipinski definition) is 2. The Morgan fingerprint density at radius 1 is 1.26 bits per heavy atom. The molecule has 1 amide bonds. The topological polar surface area (TPSA) is 84.5 Å². The fourth-order valence-electron chi connectivity index (χ4n) is 2.21. The number of ether oxygens (including phenoxy) is 1. The molecule has 0 aromatic heterocycles. The standard InChI is InChI=1S/C16H26N2O4S/c1-6-7-12(4)17-16(19)13-8-9-14(22-5)15(10-13)23(20,21)18-11(2)3/h8-12,18H,6-7H2,1-5H3,(H,17,19). The van der Waals surface area contributed by atoms with Gasteiger partial charge in [-0.2, -0.15) is 0 Å². The molecule has 0 aliphatic carbocycles. The molecule has 1 atom stereocenters. The maximum Gasteiger partial charge on any atom is 0.251 e. The first-order valence-electron chi connectivity index (χ1n) is 7.72. The monoisotopic (exact) mass is 342 g/mol. The molecule has 6 nitrogen and oxygen atoms in total. The highest BCUT2D eigenvalue weighted by atomic mass is 32.2. The molecule has 130 valence electrons. The molecule has 0 bridgehead atoms. The zero-order valence-electron chi connectivity index (χ0n) is 14.3. The van der Waals surface area contributed by atoms with Crippen LogP contribution in [0.4, 0.5) is 0 Å². The second-order valence-corrected chi connectivity index (χ2v) is 7.49. The van der Waals surface area contributed by atoms with Crippen molar-refractivity contribution in [2.24, 2.45) is 0 Å². The Kier molecular flexibility index (Phi) is 7.02. The summed E-state index contributed by atoms with van der Waals surface area (Å²) in [4.78, 5) is 12.2. The molecular weight excluding hydrogens is 316 g/mol.